The molecular weight excluding hydrogens is 396 g/mol. The second kappa shape index (κ2) is 8.79. The van der Waals surface area contributed by atoms with Crippen LogP contribution < -0.4 is 10.9 Å². The van der Waals surface area contributed by atoms with Gasteiger partial charge in [0.1, 0.15) is 10.7 Å². The van der Waals surface area contributed by atoms with Crippen LogP contribution in [0.1, 0.15) is 78.8 Å². The van der Waals surface area contributed by atoms with E-state index in [2.05, 4.69) is 24.3 Å². The van der Waals surface area contributed by atoms with E-state index in [1.54, 1.807) is 0 Å². The van der Waals surface area contributed by atoms with Gasteiger partial charge in [-0.1, -0.05) is 32.1 Å². The van der Waals surface area contributed by atoms with Crippen LogP contribution >= 0.6 is 11.3 Å². The molecule has 1 saturated carbocycles. The average molecular weight is 431 g/mol. The second-order valence-electron chi connectivity index (χ2n) is 9.25. The van der Waals surface area contributed by atoms with Crippen LogP contribution in [0.25, 0.3) is 10.2 Å². The molecule has 1 N–H and O–H groups in total. The van der Waals surface area contributed by atoms with E-state index in [4.69, 9.17) is 4.98 Å². The summed E-state index contributed by atoms with van der Waals surface area (Å²) in [6.45, 7) is 3.28. The summed E-state index contributed by atoms with van der Waals surface area (Å²) in [5.74, 6) is 0.809. The van der Waals surface area contributed by atoms with Gasteiger partial charge in [-0.15, -0.1) is 11.3 Å². The zero-order valence-electron chi connectivity index (χ0n) is 18.6. The van der Waals surface area contributed by atoms with E-state index >= 15 is 0 Å². The minimum Gasteiger partial charge on any atom is -0.349 e. The van der Waals surface area contributed by atoms with Crippen LogP contribution in [0.5, 0.6) is 0 Å². The Kier molecular flexibility index (Phi) is 6.30. The van der Waals surface area contributed by atoms with Crippen molar-refractivity contribution in [3.8, 4) is 0 Å². The van der Waals surface area contributed by atoms with Crippen LogP contribution in [0.2, 0.25) is 0 Å². The smallest absolute Gasteiger partial charge is 0.262 e. The van der Waals surface area contributed by atoms with Crippen molar-refractivity contribution in [1.82, 2.24) is 19.8 Å². The molecule has 0 aromatic carbocycles. The minimum absolute atomic E-state index is 0.0197. The number of thiophene rings is 1. The fourth-order valence-electron chi connectivity index (χ4n) is 5.12. The molecule has 0 spiro atoms. The van der Waals surface area contributed by atoms with E-state index in [0.717, 1.165) is 56.5 Å². The summed E-state index contributed by atoms with van der Waals surface area (Å²) in [6.07, 6.45) is 11.3. The van der Waals surface area contributed by atoms with Gasteiger partial charge in [0, 0.05) is 25.0 Å². The summed E-state index contributed by atoms with van der Waals surface area (Å²) in [5, 5.41) is 3.84. The number of aromatic nitrogens is 2. The summed E-state index contributed by atoms with van der Waals surface area (Å²) < 4.78 is 1.84. The predicted molar refractivity (Wildman–Crippen MR) is 123 cm³/mol. The van der Waals surface area contributed by atoms with Crippen molar-refractivity contribution in [2.24, 2.45) is 0 Å². The van der Waals surface area contributed by atoms with Crippen molar-refractivity contribution >= 4 is 27.5 Å². The molecule has 0 radical (unpaired) electrons. The molecule has 0 saturated heterocycles. The molecule has 1 aliphatic carbocycles. The van der Waals surface area contributed by atoms with Gasteiger partial charge in [0.05, 0.1) is 10.3 Å². The van der Waals surface area contributed by atoms with Gasteiger partial charge in [-0.25, -0.2) is 4.98 Å². The molecule has 2 aromatic heterocycles. The predicted octanol–water partition coefficient (Wildman–Crippen LogP) is 3.88. The molecule has 2 aromatic rings. The number of carbonyl (C=O) groups excluding carboxylic acids is 1. The lowest BCUT2D eigenvalue weighted by Gasteiger charge is -2.39. The number of rotatable bonds is 4. The second-order valence-corrected chi connectivity index (χ2v) is 10.2. The van der Waals surface area contributed by atoms with Crippen molar-refractivity contribution in [2.45, 2.75) is 83.2 Å². The third kappa shape index (κ3) is 3.94. The number of amides is 1. The summed E-state index contributed by atoms with van der Waals surface area (Å²) >= 11 is 1.37. The van der Waals surface area contributed by atoms with Crippen LogP contribution in [0.15, 0.2) is 4.79 Å². The Morgan fingerprint density at radius 3 is 2.53 bits per heavy atom. The number of carbonyl (C=O) groups is 1. The van der Waals surface area contributed by atoms with Crippen molar-refractivity contribution in [3.05, 3.63) is 26.6 Å². The average Bonchev–Trinajstić information content (AvgIpc) is 2.93. The number of aryl methyl sites for hydroxylation is 2. The summed E-state index contributed by atoms with van der Waals surface area (Å²) in [6, 6.07) is 0. The first-order valence-electron chi connectivity index (χ1n) is 11.4. The van der Waals surface area contributed by atoms with E-state index in [0.29, 0.717) is 21.6 Å². The molecule has 7 heteroatoms. The highest BCUT2D eigenvalue weighted by Gasteiger charge is 2.34. The maximum absolute atomic E-state index is 13.2. The van der Waals surface area contributed by atoms with Gasteiger partial charge in [-0.05, 0) is 52.3 Å². The fourth-order valence-corrected chi connectivity index (χ4v) is 6.23. The fraction of sp³-hybridized carbons (Fsp3) is 0.696. The standard InChI is InChI=1S/C23H34N4O2S/c1-16-18-21(25-17-11-7-6-10-14-27(17)22(18)29)30-19(16)20(28)24-15-23(26(2)3)12-8-4-5-9-13-23/h4-15H2,1-3H3,(H,24,28). The maximum atomic E-state index is 13.2. The van der Waals surface area contributed by atoms with Crippen molar-refractivity contribution < 1.29 is 4.79 Å². The topological polar surface area (TPSA) is 67.2 Å². The number of hydrogen-bond donors (Lipinski definition) is 1. The highest BCUT2D eigenvalue weighted by Crippen LogP contribution is 2.32. The largest absolute Gasteiger partial charge is 0.349 e. The molecule has 1 aliphatic heterocycles. The minimum atomic E-state index is -0.0689. The molecule has 0 bridgehead atoms. The normalized spacial score (nSPS) is 19.3. The van der Waals surface area contributed by atoms with Crippen molar-refractivity contribution in [3.63, 3.8) is 0 Å². The van der Waals surface area contributed by atoms with E-state index < -0.39 is 0 Å². The molecule has 0 atom stereocenters. The van der Waals surface area contributed by atoms with E-state index in [9.17, 15) is 9.59 Å². The zero-order chi connectivity index (χ0) is 21.3. The van der Waals surface area contributed by atoms with E-state index in [1.807, 2.05) is 11.5 Å². The first-order valence-corrected chi connectivity index (χ1v) is 12.2. The SMILES string of the molecule is Cc1c(C(=O)NCC2(N(C)C)CCCCCC2)sc2nc3n(c(=O)c12)CCCCC3. The van der Waals surface area contributed by atoms with Gasteiger partial charge in [-0.2, -0.15) is 0 Å². The number of fused-ring (bicyclic) bond motifs is 2. The number of likely N-dealkylation sites (N-methyl/N-ethyl adjacent to an activating group) is 1. The van der Waals surface area contributed by atoms with Crippen LogP contribution in [0.3, 0.4) is 0 Å². The van der Waals surface area contributed by atoms with Crippen molar-refractivity contribution in [1.29, 1.82) is 0 Å². The molecule has 1 fully saturated rings. The first kappa shape index (κ1) is 21.5. The molecule has 4 rings (SSSR count). The van der Waals surface area contributed by atoms with Crippen LogP contribution in [-0.4, -0.2) is 46.5 Å². The molecule has 30 heavy (non-hydrogen) atoms. The Bertz CT molecular complexity index is 983. The number of nitrogens with one attached hydrogen (secondary N) is 1. The quantitative estimate of drug-likeness (QED) is 0.748. The van der Waals surface area contributed by atoms with E-state index in [-0.39, 0.29) is 17.0 Å². The van der Waals surface area contributed by atoms with Crippen LogP contribution in [-0.2, 0) is 13.0 Å². The summed E-state index contributed by atoms with van der Waals surface area (Å²) in [4.78, 5) is 34.8. The van der Waals surface area contributed by atoms with Gasteiger partial charge in [0.15, 0.2) is 0 Å². The van der Waals surface area contributed by atoms with Gasteiger partial charge in [0.25, 0.3) is 11.5 Å². The van der Waals surface area contributed by atoms with Gasteiger partial charge >= 0.3 is 0 Å². The highest BCUT2D eigenvalue weighted by atomic mass is 32.1. The van der Waals surface area contributed by atoms with Crippen molar-refractivity contribution in [2.75, 3.05) is 20.6 Å². The van der Waals surface area contributed by atoms with Gasteiger partial charge in [0.2, 0.25) is 0 Å². The third-order valence-electron chi connectivity index (χ3n) is 7.18. The van der Waals surface area contributed by atoms with Gasteiger partial charge < -0.3 is 10.2 Å². The Morgan fingerprint density at radius 2 is 1.83 bits per heavy atom. The maximum Gasteiger partial charge on any atom is 0.262 e. The first-order chi connectivity index (χ1) is 14.4. The Balaban J connectivity index is 1.61. The highest BCUT2D eigenvalue weighted by molar-refractivity contribution is 7.20. The number of hydrogen-bond acceptors (Lipinski definition) is 5. The molecule has 2 aliphatic rings. The van der Waals surface area contributed by atoms with E-state index in [1.165, 1.54) is 37.0 Å². The van der Waals surface area contributed by atoms with Crippen LogP contribution in [0, 0.1) is 6.92 Å². The molecular formula is C23H34N4O2S. The number of nitrogens with zero attached hydrogens (tertiary/aromatic N) is 3. The molecule has 164 valence electrons. The lowest BCUT2D eigenvalue weighted by molar-refractivity contribution is 0.0872. The lowest BCUT2D eigenvalue weighted by Crippen LogP contribution is -2.52. The van der Waals surface area contributed by atoms with Crippen LogP contribution in [0.4, 0.5) is 0 Å². The summed E-state index contributed by atoms with van der Waals surface area (Å²) in [7, 11) is 4.25. The third-order valence-corrected chi connectivity index (χ3v) is 8.36. The molecule has 1 amide bonds. The molecule has 0 unspecified atom stereocenters. The van der Waals surface area contributed by atoms with Gasteiger partial charge in [-0.3, -0.25) is 14.2 Å². The monoisotopic (exact) mass is 430 g/mol. The molecule has 3 heterocycles. The summed E-state index contributed by atoms with van der Waals surface area (Å²) in [5.41, 5.74) is 0.828. The Morgan fingerprint density at radius 1 is 1.13 bits per heavy atom. The zero-order valence-corrected chi connectivity index (χ0v) is 19.4. The Hall–Kier alpha value is -1.73. The Labute approximate surface area is 182 Å². The molecule has 6 nitrogen and oxygen atoms in total. The lowest BCUT2D eigenvalue weighted by atomic mass is 9.88.